The van der Waals surface area contributed by atoms with Crippen LogP contribution in [0, 0.1) is 0 Å². The number of imidazole rings is 1. The Kier molecular flexibility index (Phi) is 6.17. The van der Waals surface area contributed by atoms with E-state index in [1.54, 1.807) is 18.7 Å². The van der Waals surface area contributed by atoms with E-state index in [2.05, 4.69) is 44.3 Å². The summed E-state index contributed by atoms with van der Waals surface area (Å²) in [7, 11) is 0. The molecule has 6 rings (SSSR count). The van der Waals surface area contributed by atoms with E-state index < -0.39 is 0 Å². The van der Waals surface area contributed by atoms with Crippen LogP contribution >= 0.6 is 0 Å². The van der Waals surface area contributed by atoms with E-state index in [1.165, 1.54) is 5.01 Å². The molecule has 0 saturated heterocycles. The number of benzene rings is 3. The highest BCUT2D eigenvalue weighted by molar-refractivity contribution is 5.82. The molecule has 6 aromatic rings. The van der Waals surface area contributed by atoms with Crippen molar-refractivity contribution in [3.8, 4) is 17.1 Å². The van der Waals surface area contributed by atoms with Crippen LogP contribution in [-0.2, 0) is 0 Å². The minimum Gasteiger partial charge on any atom is -0.348 e. The maximum atomic E-state index is 6.27. The summed E-state index contributed by atoms with van der Waals surface area (Å²) >= 11 is 0. The molecule has 3 aromatic carbocycles. The Morgan fingerprint density at radius 1 is 0.816 bits per heavy atom. The lowest BCUT2D eigenvalue weighted by Crippen LogP contribution is -2.26. The number of anilines is 3. The number of hydrogen-bond donors (Lipinski definition) is 2. The van der Waals surface area contributed by atoms with Crippen molar-refractivity contribution in [2.45, 2.75) is 13.0 Å². The van der Waals surface area contributed by atoms with Crippen molar-refractivity contribution in [1.29, 1.82) is 0 Å². The average molecular weight is 500 g/mol. The van der Waals surface area contributed by atoms with Crippen molar-refractivity contribution < 1.29 is 0 Å². The molecule has 186 valence electrons. The Morgan fingerprint density at radius 2 is 1.58 bits per heavy atom. The Bertz CT molecular complexity index is 1680. The topological polar surface area (TPSA) is 111 Å². The second-order valence-electron chi connectivity index (χ2n) is 8.78. The van der Waals surface area contributed by atoms with Gasteiger partial charge in [-0.3, -0.25) is 4.57 Å². The number of aromatic nitrogens is 6. The third kappa shape index (κ3) is 4.65. The minimum absolute atomic E-state index is 0.0672. The van der Waals surface area contributed by atoms with Crippen molar-refractivity contribution in [2.75, 3.05) is 10.3 Å². The van der Waals surface area contributed by atoms with Crippen LogP contribution < -0.4 is 16.2 Å². The first-order valence-corrected chi connectivity index (χ1v) is 12.2. The lowest BCUT2D eigenvalue weighted by Gasteiger charge is -2.16. The molecule has 0 spiro atoms. The largest absolute Gasteiger partial charge is 0.348 e. The van der Waals surface area contributed by atoms with Gasteiger partial charge < -0.3 is 5.32 Å². The van der Waals surface area contributed by atoms with E-state index in [1.807, 2.05) is 83.4 Å². The number of fused-ring (bicyclic) bond motifs is 1. The second kappa shape index (κ2) is 10.1. The highest BCUT2D eigenvalue weighted by atomic mass is 15.5. The molecule has 0 radical (unpaired) electrons. The molecular weight excluding hydrogens is 474 g/mol. The van der Waals surface area contributed by atoms with Gasteiger partial charge in [0.2, 0.25) is 11.9 Å². The predicted molar refractivity (Wildman–Crippen MR) is 149 cm³/mol. The smallest absolute Gasteiger partial charge is 0.245 e. The number of hydrazine groups is 1. The molecular formula is C29H25N9. The number of para-hydroxylation sites is 1. The molecule has 3 N–H and O–H groups in total. The first-order chi connectivity index (χ1) is 18.7. The summed E-state index contributed by atoms with van der Waals surface area (Å²) in [5.41, 5.74) is 5.37. The first kappa shape index (κ1) is 23.3. The van der Waals surface area contributed by atoms with E-state index >= 15 is 0 Å². The number of hydrogen-bond acceptors (Lipinski definition) is 8. The molecule has 0 bridgehead atoms. The zero-order valence-corrected chi connectivity index (χ0v) is 20.7. The average Bonchev–Trinajstić information content (AvgIpc) is 3.41. The molecule has 0 fully saturated rings. The van der Waals surface area contributed by atoms with E-state index in [0.717, 1.165) is 39.4 Å². The summed E-state index contributed by atoms with van der Waals surface area (Å²) in [6, 6.07) is 29.6. The Balaban J connectivity index is 1.27. The monoisotopic (exact) mass is 499 g/mol. The summed E-state index contributed by atoms with van der Waals surface area (Å²) in [4.78, 5) is 22.8. The fraction of sp³-hybridized carbons (Fsp3) is 0.0690. The molecule has 0 aliphatic rings. The van der Waals surface area contributed by atoms with Gasteiger partial charge in [-0.2, -0.15) is 4.98 Å². The van der Waals surface area contributed by atoms with Gasteiger partial charge in [0.05, 0.1) is 28.5 Å². The van der Waals surface area contributed by atoms with Gasteiger partial charge in [-0.1, -0.05) is 54.6 Å². The highest BCUT2D eigenvalue weighted by Crippen LogP contribution is 2.26. The quantitative estimate of drug-likeness (QED) is 0.220. The van der Waals surface area contributed by atoms with E-state index in [0.29, 0.717) is 11.9 Å². The van der Waals surface area contributed by atoms with Crippen LogP contribution in [0.15, 0.2) is 110 Å². The van der Waals surface area contributed by atoms with Crippen LogP contribution in [0.1, 0.15) is 18.5 Å². The zero-order chi connectivity index (χ0) is 25.9. The van der Waals surface area contributed by atoms with Gasteiger partial charge in [0.15, 0.2) is 0 Å². The predicted octanol–water partition coefficient (Wildman–Crippen LogP) is 5.46. The van der Waals surface area contributed by atoms with Gasteiger partial charge in [-0.25, -0.2) is 30.8 Å². The van der Waals surface area contributed by atoms with Crippen LogP contribution in [0.5, 0.6) is 0 Å². The summed E-state index contributed by atoms with van der Waals surface area (Å²) in [6.45, 7) is 2.09. The van der Waals surface area contributed by atoms with Gasteiger partial charge in [0.1, 0.15) is 12.1 Å². The lowest BCUT2D eigenvalue weighted by atomic mass is 10.1. The van der Waals surface area contributed by atoms with Crippen LogP contribution in [0.4, 0.5) is 17.6 Å². The van der Waals surface area contributed by atoms with Crippen LogP contribution in [0.25, 0.3) is 28.1 Å². The maximum Gasteiger partial charge on any atom is 0.245 e. The van der Waals surface area contributed by atoms with Gasteiger partial charge in [-0.05, 0) is 48.9 Å². The Hall–Kier alpha value is -5.15. The zero-order valence-electron chi connectivity index (χ0n) is 20.7. The minimum atomic E-state index is 0.0672. The normalized spacial score (nSPS) is 11.8. The number of nitrogens with two attached hydrogens (primary N) is 1. The van der Waals surface area contributed by atoms with Crippen molar-refractivity contribution in [3.05, 3.63) is 115 Å². The number of rotatable bonds is 7. The summed E-state index contributed by atoms with van der Waals surface area (Å²) in [6.07, 6.45) is 5.22. The van der Waals surface area contributed by atoms with Crippen molar-refractivity contribution in [2.24, 2.45) is 5.84 Å². The van der Waals surface area contributed by atoms with Crippen molar-refractivity contribution >= 4 is 28.6 Å². The van der Waals surface area contributed by atoms with Gasteiger partial charge >= 0.3 is 0 Å². The van der Waals surface area contributed by atoms with Crippen LogP contribution in [0.2, 0.25) is 0 Å². The SMILES string of the molecule is C[C@H](Nc1nccc(-n2cnc3cc(-c4ccnc(N(N)c5ccccc5)n4)ccc32)n1)c1ccccc1. The molecule has 0 aliphatic heterocycles. The van der Waals surface area contributed by atoms with Crippen LogP contribution in [0.3, 0.4) is 0 Å². The summed E-state index contributed by atoms with van der Waals surface area (Å²) in [5.74, 6) is 7.96. The summed E-state index contributed by atoms with van der Waals surface area (Å²) in [5, 5.41) is 4.85. The van der Waals surface area contributed by atoms with E-state index in [-0.39, 0.29) is 6.04 Å². The third-order valence-corrected chi connectivity index (χ3v) is 6.27. The van der Waals surface area contributed by atoms with Gasteiger partial charge in [-0.15, -0.1) is 0 Å². The molecule has 1 atom stereocenters. The fourth-order valence-corrected chi connectivity index (χ4v) is 4.26. The molecule has 0 unspecified atom stereocenters. The molecule has 0 saturated carbocycles. The fourth-order valence-electron chi connectivity index (χ4n) is 4.26. The number of nitrogens with one attached hydrogen (secondary N) is 1. The van der Waals surface area contributed by atoms with Crippen LogP contribution in [-0.4, -0.2) is 29.5 Å². The molecule has 9 heteroatoms. The van der Waals surface area contributed by atoms with Gasteiger partial charge in [0, 0.05) is 18.0 Å². The lowest BCUT2D eigenvalue weighted by molar-refractivity contribution is 0.854. The van der Waals surface area contributed by atoms with E-state index in [9.17, 15) is 0 Å². The van der Waals surface area contributed by atoms with Crippen molar-refractivity contribution in [3.63, 3.8) is 0 Å². The highest BCUT2D eigenvalue weighted by Gasteiger charge is 2.13. The standard InChI is InChI=1S/C29H25N9/c1-20(21-8-4-2-5-9-21)34-28-31-17-15-27(36-28)37-19-33-25-18-22(12-13-26(25)37)24-14-16-32-29(35-24)38(30)23-10-6-3-7-11-23/h2-20H,30H2,1H3,(H,31,34,36)/t20-/m0/s1. The van der Waals surface area contributed by atoms with Gasteiger partial charge in [0.25, 0.3) is 0 Å². The Labute approximate surface area is 219 Å². The molecule has 38 heavy (non-hydrogen) atoms. The summed E-state index contributed by atoms with van der Waals surface area (Å²) < 4.78 is 1.95. The molecule has 0 aliphatic carbocycles. The van der Waals surface area contributed by atoms with E-state index in [4.69, 9.17) is 10.8 Å². The molecule has 3 aromatic heterocycles. The maximum absolute atomic E-state index is 6.27. The first-order valence-electron chi connectivity index (χ1n) is 12.2. The third-order valence-electron chi connectivity index (χ3n) is 6.27. The number of nitrogens with zero attached hydrogens (tertiary/aromatic N) is 7. The second-order valence-corrected chi connectivity index (χ2v) is 8.78. The van der Waals surface area contributed by atoms with Crippen molar-refractivity contribution in [1.82, 2.24) is 29.5 Å². The molecule has 3 heterocycles. The molecule has 0 amide bonds. The Morgan fingerprint density at radius 3 is 2.39 bits per heavy atom. The molecule has 9 nitrogen and oxygen atoms in total.